The molecule has 1 fully saturated rings. The Bertz CT molecular complexity index is 519. The van der Waals surface area contributed by atoms with Gasteiger partial charge in [0.15, 0.2) is 5.82 Å². The van der Waals surface area contributed by atoms with E-state index in [4.69, 9.17) is 10.5 Å². The van der Waals surface area contributed by atoms with E-state index in [0.717, 1.165) is 4.90 Å². The van der Waals surface area contributed by atoms with Crippen LogP contribution in [0.1, 0.15) is 12.2 Å². The van der Waals surface area contributed by atoms with Gasteiger partial charge in [0.05, 0.1) is 6.42 Å². The lowest BCUT2D eigenvalue weighted by atomic mass is 10.2. The molecule has 1 saturated heterocycles. The second-order valence-corrected chi connectivity index (χ2v) is 4.22. The lowest BCUT2D eigenvalue weighted by Crippen LogP contribution is -2.32. The molecule has 8 nitrogen and oxygen atoms in total. The van der Waals surface area contributed by atoms with E-state index in [1.807, 2.05) is 0 Å². The molecule has 0 aromatic carbocycles. The van der Waals surface area contributed by atoms with Crippen LogP contribution in [0.5, 0.6) is 0 Å². The van der Waals surface area contributed by atoms with Gasteiger partial charge >= 0.3 is 0 Å². The van der Waals surface area contributed by atoms with Gasteiger partial charge < -0.3 is 15.8 Å². The zero-order valence-corrected chi connectivity index (χ0v) is 10.7. The molecule has 102 valence electrons. The van der Waals surface area contributed by atoms with Crippen LogP contribution in [0.3, 0.4) is 0 Å². The molecule has 3 N–H and O–H groups in total. The zero-order valence-electron chi connectivity index (χ0n) is 10.7. The van der Waals surface area contributed by atoms with E-state index < -0.39 is 6.04 Å². The molecule has 2 amide bonds. The van der Waals surface area contributed by atoms with Crippen LogP contribution in [0.2, 0.25) is 0 Å². The molecule has 0 radical (unpaired) electrons. The Morgan fingerprint density at radius 1 is 1.53 bits per heavy atom. The molecule has 1 atom stereocenters. The van der Waals surface area contributed by atoms with Gasteiger partial charge in [0.25, 0.3) is 5.91 Å². The van der Waals surface area contributed by atoms with Crippen molar-refractivity contribution in [2.75, 3.05) is 25.2 Å². The fourth-order valence-corrected chi connectivity index (χ4v) is 1.83. The number of amides is 2. The van der Waals surface area contributed by atoms with Gasteiger partial charge in [0.2, 0.25) is 5.91 Å². The van der Waals surface area contributed by atoms with Crippen LogP contribution in [-0.4, -0.2) is 46.9 Å². The predicted octanol–water partition coefficient (Wildman–Crippen LogP) is -0.626. The molecule has 1 aromatic heterocycles. The summed E-state index contributed by atoms with van der Waals surface area (Å²) in [5, 5.41) is 2.89. The summed E-state index contributed by atoms with van der Waals surface area (Å²) in [4.78, 5) is 32.4. The van der Waals surface area contributed by atoms with Crippen molar-refractivity contribution in [3.05, 3.63) is 11.9 Å². The van der Waals surface area contributed by atoms with Crippen LogP contribution in [-0.2, 0) is 20.9 Å². The zero-order chi connectivity index (χ0) is 14.0. The van der Waals surface area contributed by atoms with Crippen LogP contribution < -0.4 is 11.1 Å². The number of nitrogens with one attached hydrogen (secondary N) is 1. The largest absolute Gasteiger partial charge is 0.384 e. The third kappa shape index (κ3) is 2.79. The lowest BCUT2D eigenvalue weighted by Gasteiger charge is -2.12. The van der Waals surface area contributed by atoms with Crippen molar-refractivity contribution >= 4 is 23.5 Å². The van der Waals surface area contributed by atoms with Crippen LogP contribution in [0.25, 0.3) is 0 Å². The summed E-state index contributed by atoms with van der Waals surface area (Å²) in [5.74, 6) is 0.586. The number of nitrogens with two attached hydrogens (primary N) is 1. The average molecular weight is 265 g/mol. The quantitative estimate of drug-likeness (QED) is 0.697. The van der Waals surface area contributed by atoms with Crippen LogP contribution in [0.4, 0.5) is 11.6 Å². The summed E-state index contributed by atoms with van der Waals surface area (Å²) in [6, 6.07) is 0.900. The Morgan fingerprint density at radius 2 is 2.26 bits per heavy atom. The molecule has 0 spiro atoms. The van der Waals surface area contributed by atoms with E-state index >= 15 is 0 Å². The highest BCUT2D eigenvalue weighted by Gasteiger charge is 2.36. The molecular weight excluding hydrogens is 250 g/mol. The normalized spacial score (nSPS) is 19.1. The van der Waals surface area contributed by atoms with E-state index in [1.54, 1.807) is 0 Å². The number of aromatic nitrogens is 2. The minimum atomic E-state index is -0.609. The topological polar surface area (TPSA) is 110 Å². The van der Waals surface area contributed by atoms with Gasteiger partial charge in [0, 0.05) is 20.2 Å². The van der Waals surface area contributed by atoms with Gasteiger partial charge in [0.1, 0.15) is 24.3 Å². The maximum absolute atomic E-state index is 11.8. The number of nitrogen functional groups attached to an aromatic ring is 1. The van der Waals surface area contributed by atoms with E-state index in [0.29, 0.717) is 11.6 Å². The first-order chi connectivity index (χ1) is 9.01. The first-order valence-electron chi connectivity index (χ1n) is 5.70. The van der Waals surface area contributed by atoms with Gasteiger partial charge in [-0.05, 0) is 0 Å². The average Bonchev–Trinajstić information content (AvgIpc) is 2.57. The second kappa shape index (κ2) is 5.19. The predicted molar refractivity (Wildman–Crippen MR) is 67.0 cm³/mol. The summed E-state index contributed by atoms with van der Waals surface area (Å²) in [7, 11) is 2.98. The number of carbonyl (C=O) groups excluding carboxylic acids is 2. The van der Waals surface area contributed by atoms with Crippen molar-refractivity contribution < 1.29 is 14.3 Å². The Hall–Kier alpha value is -2.22. The molecular formula is C11H15N5O3. The van der Waals surface area contributed by atoms with Crippen LogP contribution >= 0.6 is 0 Å². The molecule has 1 aromatic rings. The number of ether oxygens (including phenoxy) is 1. The number of hydrogen-bond acceptors (Lipinski definition) is 7. The number of rotatable bonds is 4. The molecule has 19 heavy (non-hydrogen) atoms. The van der Waals surface area contributed by atoms with Gasteiger partial charge in [-0.1, -0.05) is 0 Å². The molecule has 0 bridgehead atoms. The fourth-order valence-electron chi connectivity index (χ4n) is 1.83. The number of likely N-dealkylation sites (tertiary alicyclic amines) is 1. The summed E-state index contributed by atoms with van der Waals surface area (Å²) in [6.07, 6.45) is 0.110. The minimum Gasteiger partial charge on any atom is -0.384 e. The van der Waals surface area contributed by atoms with Crippen molar-refractivity contribution in [2.45, 2.75) is 19.1 Å². The van der Waals surface area contributed by atoms with E-state index in [1.165, 1.54) is 20.2 Å². The third-order valence-corrected chi connectivity index (χ3v) is 2.77. The number of anilines is 2. The van der Waals surface area contributed by atoms with Gasteiger partial charge in [-0.25, -0.2) is 9.97 Å². The smallest absolute Gasteiger partial charge is 0.251 e. The van der Waals surface area contributed by atoms with Crippen molar-refractivity contribution in [3.8, 4) is 0 Å². The van der Waals surface area contributed by atoms with Gasteiger partial charge in [-0.15, -0.1) is 0 Å². The highest BCUT2D eigenvalue weighted by atomic mass is 16.5. The van der Waals surface area contributed by atoms with Crippen molar-refractivity contribution in [1.82, 2.24) is 14.9 Å². The standard InChI is InChI=1S/C11H15N5O3/c1-16-10(17)3-6(11(16)18)13-8-4-7(12)14-9(15-8)5-19-2/h4,6H,3,5H2,1-2H3,(H3,12,13,14,15). The van der Waals surface area contributed by atoms with Crippen LogP contribution in [0, 0.1) is 0 Å². The lowest BCUT2D eigenvalue weighted by molar-refractivity contribution is -0.136. The number of imide groups is 1. The highest BCUT2D eigenvalue weighted by Crippen LogP contribution is 2.17. The highest BCUT2D eigenvalue weighted by molar-refractivity contribution is 6.06. The number of methoxy groups -OCH3 is 1. The summed E-state index contributed by atoms with van der Waals surface area (Å²) in [6.45, 7) is 0.219. The molecule has 2 heterocycles. The van der Waals surface area contributed by atoms with Crippen molar-refractivity contribution in [3.63, 3.8) is 0 Å². The number of likely N-dealkylation sites (N-methyl/N-ethyl adjacent to an activating group) is 1. The molecule has 1 aliphatic rings. The van der Waals surface area contributed by atoms with E-state index in [9.17, 15) is 9.59 Å². The molecule has 1 unspecified atom stereocenters. The molecule has 2 rings (SSSR count). The Kier molecular flexibility index (Phi) is 3.61. The first-order valence-corrected chi connectivity index (χ1v) is 5.70. The van der Waals surface area contributed by atoms with Crippen LogP contribution in [0.15, 0.2) is 6.07 Å². The summed E-state index contributed by atoms with van der Waals surface area (Å²) in [5.41, 5.74) is 5.64. The Balaban J connectivity index is 2.15. The first kappa shape index (κ1) is 13.2. The number of hydrogen-bond donors (Lipinski definition) is 2. The molecule has 1 aliphatic heterocycles. The maximum Gasteiger partial charge on any atom is 0.251 e. The van der Waals surface area contributed by atoms with Crippen molar-refractivity contribution in [2.24, 2.45) is 0 Å². The summed E-state index contributed by atoms with van der Waals surface area (Å²) >= 11 is 0. The second-order valence-electron chi connectivity index (χ2n) is 4.22. The Morgan fingerprint density at radius 3 is 2.84 bits per heavy atom. The summed E-state index contributed by atoms with van der Waals surface area (Å²) < 4.78 is 4.93. The number of nitrogens with zero attached hydrogens (tertiary/aromatic N) is 3. The van der Waals surface area contributed by atoms with Crippen molar-refractivity contribution in [1.29, 1.82) is 0 Å². The monoisotopic (exact) mass is 265 g/mol. The molecule has 0 aliphatic carbocycles. The van der Waals surface area contributed by atoms with Gasteiger partial charge in [-0.3, -0.25) is 14.5 Å². The van der Waals surface area contributed by atoms with E-state index in [2.05, 4.69) is 15.3 Å². The fraction of sp³-hybridized carbons (Fsp3) is 0.455. The third-order valence-electron chi connectivity index (χ3n) is 2.77. The number of carbonyl (C=O) groups is 2. The molecule has 8 heteroatoms. The SMILES string of the molecule is COCc1nc(N)cc(NC2CC(=O)N(C)C2=O)n1. The van der Waals surface area contributed by atoms with E-state index in [-0.39, 0.29) is 30.7 Å². The maximum atomic E-state index is 11.8. The molecule has 0 saturated carbocycles. The van der Waals surface area contributed by atoms with Gasteiger partial charge in [-0.2, -0.15) is 0 Å². The Labute approximate surface area is 110 Å². The minimum absolute atomic E-state index is 0.110.